The van der Waals surface area contributed by atoms with E-state index in [0.717, 1.165) is 11.0 Å². The average molecular weight is 513 g/mol. The van der Waals surface area contributed by atoms with Crippen molar-refractivity contribution in [3.63, 3.8) is 0 Å². The molecular formula is C23H21ClF4N4O3. The van der Waals surface area contributed by atoms with Crippen molar-refractivity contribution in [2.45, 2.75) is 18.4 Å². The van der Waals surface area contributed by atoms with Gasteiger partial charge in [-0.3, -0.25) is 10.1 Å². The molecule has 12 heteroatoms. The van der Waals surface area contributed by atoms with E-state index in [1.165, 1.54) is 49.6 Å². The fourth-order valence-electron chi connectivity index (χ4n) is 3.25. The molecule has 3 aromatic rings. The van der Waals surface area contributed by atoms with E-state index >= 15 is 0 Å². The number of carbonyl (C=O) groups excluding carboxylic acids is 2. The first-order valence-electron chi connectivity index (χ1n) is 10.3. The zero-order valence-electron chi connectivity index (χ0n) is 18.4. The normalized spacial score (nSPS) is 12.3. The summed E-state index contributed by atoms with van der Waals surface area (Å²) in [6.07, 6.45) is -0.567. The van der Waals surface area contributed by atoms with Gasteiger partial charge >= 0.3 is 6.09 Å². The lowest BCUT2D eigenvalue weighted by atomic mass is 10.1. The van der Waals surface area contributed by atoms with Gasteiger partial charge in [0.15, 0.2) is 0 Å². The minimum atomic E-state index is -3.38. The first-order chi connectivity index (χ1) is 16.5. The molecule has 7 nitrogen and oxygen atoms in total. The minimum absolute atomic E-state index is 0.0351. The molecule has 0 spiro atoms. The molecule has 0 radical (unpaired) electrons. The largest absolute Gasteiger partial charge is 0.447 e. The third kappa shape index (κ3) is 6.58. The number of likely N-dealkylation sites (N-methyl/N-ethyl adjacent to an activating group) is 1. The second-order valence-corrected chi connectivity index (χ2v) is 8.10. The van der Waals surface area contributed by atoms with Gasteiger partial charge in [-0.2, -0.15) is 0 Å². The highest BCUT2D eigenvalue weighted by Crippen LogP contribution is 2.26. The van der Waals surface area contributed by atoms with Crippen molar-refractivity contribution in [3.05, 3.63) is 70.9 Å². The molecule has 0 aliphatic carbocycles. The van der Waals surface area contributed by atoms with E-state index in [1.54, 1.807) is 0 Å². The number of nitrogens with two attached hydrogens (primary N) is 1. The van der Waals surface area contributed by atoms with Gasteiger partial charge in [0, 0.05) is 25.1 Å². The van der Waals surface area contributed by atoms with Crippen molar-refractivity contribution in [2.75, 3.05) is 25.5 Å². The van der Waals surface area contributed by atoms with Crippen molar-refractivity contribution in [1.29, 1.82) is 0 Å². The monoisotopic (exact) mass is 512 g/mol. The molecule has 35 heavy (non-hydrogen) atoms. The first-order valence-corrected chi connectivity index (χ1v) is 10.7. The third-order valence-corrected chi connectivity index (χ3v) is 5.59. The molecular weight excluding hydrogens is 492 g/mol. The Morgan fingerprint density at radius 1 is 1.20 bits per heavy atom. The van der Waals surface area contributed by atoms with Gasteiger partial charge in [-0.1, -0.05) is 17.7 Å². The van der Waals surface area contributed by atoms with Crippen LogP contribution in [0.3, 0.4) is 0 Å². The molecule has 0 saturated heterocycles. The van der Waals surface area contributed by atoms with Crippen molar-refractivity contribution < 1.29 is 31.9 Å². The Hall–Kier alpha value is -3.44. The summed E-state index contributed by atoms with van der Waals surface area (Å²) in [7, 11) is 1.20. The lowest BCUT2D eigenvalue weighted by molar-refractivity contribution is -0.0284. The van der Waals surface area contributed by atoms with Crippen LogP contribution < -0.4 is 11.1 Å². The quantitative estimate of drug-likeness (QED) is 0.421. The van der Waals surface area contributed by atoms with Gasteiger partial charge in [0.2, 0.25) is 0 Å². The van der Waals surface area contributed by atoms with E-state index in [-0.39, 0.29) is 11.4 Å². The van der Waals surface area contributed by atoms with E-state index in [9.17, 15) is 27.2 Å². The van der Waals surface area contributed by atoms with Gasteiger partial charge in [0.05, 0.1) is 23.2 Å². The van der Waals surface area contributed by atoms with Crippen molar-refractivity contribution in [1.82, 2.24) is 9.88 Å². The van der Waals surface area contributed by atoms with Crippen LogP contribution >= 0.6 is 11.6 Å². The number of fused-ring (bicyclic) bond motifs is 1. The number of nitrogens with zero attached hydrogens (tertiary/aromatic N) is 2. The van der Waals surface area contributed by atoms with E-state index < -0.39 is 60.2 Å². The molecule has 1 aromatic heterocycles. The maximum absolute atomic E-state index is 14.1. The van der Waals surface area contributed by atoms with Crippen molar-refractivity contribution >= 4 is 40.2 Å². The van der Waals surface area contributed by atoms with Crippen LogP contribution in [0, 0.1) is 11.6 Å². The number of aromatic nitrogens is 1. The van der Waals surface area contributed by atoms with Gasteiger partial charge in [0.1, 0.15) is 24.1 Å². The van der Waals surface area contributed by atoms with Gasteiger partial charge in [-0.15, -0.1) is 0 Å². The highest BCUT2D eigenvalue weighted by atomic mass is 35.5. The Labute approximate surface area is 202 Å². The number of rotatable bonds is 8. The van der Waals surface area contributed by atoms with Crippen LogP contribution in [0.2, 0.25) is 5.02 Å². The highest BCUT2D eigenvalue weighted by molar-refractivity contribution is 6.34. The summed E-state index contributed by atoms with van der Waals surface area (Å²) in [5, 5.41) is 2.95. The molecule has 0 fully saturated rings. The standard InChI is InChI=1S/C23H21ClF4N4O3/c1-32(21(33)17-3-2-4-18(26)20(17)24)16(9-23(27,28)12-29)11-35-22(34)31-19-8-14-7-15(25)6-5-13(14)10-30-19/h2-8,10,16H,9,11-12,29H2,1H3,(H,30,31,34)/t16-/m0/s1. The van der Waals surface area contributed by atoms with E-state index in [1.807, 2.05) is 0 Å². The third-order valence-electron chi connectivity index (χ3n) is 5.20. The van der Waals surface area contributed by atoms with E-state index in [4.69, 9.17) is 22.1 Å². The van der Waals surface area contributed by atoms with Crippen LogP contribution in [0.15, 0.2) is 48.7 Å². The summed E-state index contributed by atoms with van der Waals surface area (Å²) in [6.45, 7) is -1.64. The Balaban J connectivity index is 1.73. The number of nitrogens with one attached hydrogen (secondary N) is 1. The summed E-state index contributed by atoms with van der Waals surface area (Å²) >= 11 is 5.85. The molecule has 3 N–H and O–H groups in total. The summed E-state index contributed by atoms with van der Waals surface area (Å²) in [4.78, 5) is 30.0. The van der Waals surface area contributed by atoms with Gasteiger partial charge in [0.25, 0.3) is 11.8 Å². The Morgan fingerprint density at radius 2 is 1.94 bits per heavy atom. The molecule has 0 aliphatic rings. The molecule has 2 amide bonds. The molecule has 1 atom stereocenters. The number of benzene rings is 2. The molecule has 3 rings (SSSR count). The molecule has 0 bridgehead atoms. The Morgan fingerprint density at radius 3 is 2.66 bits per heavy atom. The zero-order valence-corrected chi connectivity index (χ0v) is 19.2. The predicted octanol–water partition coefficient (Wildman–Crippen LogP) is 4.84. The number of carbonyl (C=O) groups is 2. The molecule has 186 valence electrons. The molecule has 0 unspecified atom stereocenters. The highest BCUT2D eigenvalue weighted by Gasteiger charge is 2.36. The zero-order chi connectivity index (χ0) is 25.8. The van der Waals surface area contributed by atoms with Gasteiger partial charge in [-0.25, -0.2) is 27.3 Å². The maximum Gasteiger partial charge on any atom is 0.412 e. The lowest BCUT2D eigenvalue weighted by Crippen LogP contribution is -2.46. The van der Waals surface area contributed by atoms with Gasteiger partial charge in [-0.05, 0) is 41.8 Å². The summed E-state index contributed by atoms with van der Waals surface area (Å²) in [5.74, 6) is -5.53. The summed E-state index contributed by atoms with van der Waals surface area (Å²) < 4.78 is 60.4. The average Bonchev–Trinajstić information content (AvgIpc) is 2.82. The second kappa shape index (κ2) is 10.9. The molecule has 0 saturated carbocycles. The van der Waals surface area contributed by atoms with Crippen LogP contribution in [-0.2, 0) is 4.74 Å². The Bertz CT molecular complexity index is 1240. The van der Waals surface area contributed by atoms with Crippen LogP contribution in [0.5, 0.6) is 0 Å². The lowest BCUT2D eigenvalue weighted by Gasteiger charge is -2.30. The SMILES string of the molecule is CN(C(=O)c1cccc(F)c1Cl)[C@H](COC(=O)Nc1cc2cc(F)ccc2cn1)CC(F)(F)CN. The van der Waals surface area contributed by atoms with Gasteiger partial charge < -0.3 is 15.4 Å². The number of hydrogen-bond donors (Lipinski definition) is 2. The van der Waals surface area contributed by atoms with Crippen LogP contribution in [-0.4, -0.2) is 54.0 Å². The number of anilines is 1. The number of halogens is 5. The molecule has 0 aliphatic heterocycles. The second-order valence-electron chi connectivity index (χ2n) is 7.72. The van der Waals surface area contributed by atoms with Crippen LogP contribution in [0.1, 0.15) is 16.8 Å². The summed E-state index contributed by atoms with van der Waals surface area (Å²) in [5.41, 5.74) is 4.88. The number of ether oxygens (including phenoxy) is 1. The topological polar surface area (TPSA) is 97.5 Å². The molecule has 1 heterocycles. The number of amides is 2. The number of alkyl halides is 2. The van der Waals surface area contributed by atoms with Crippen LogP contribution in [0.25, 0.3) is 10.8 Å². The fraction of sp³-hybridized carbons (Fsp3) is 0.261. The predicted molar refractivity (Wildman–Crippen MR) is 123 cm³/mol. The first kappa shape index (κ1) is 26.2. The summed E-state index contributed by atoms with van der Waals surface area (Å²) in [6, 6.07) is 7.63. The van der Waals surface area contributed by atoms with Crippen LogP contribution in [0.4, 0.5) is 28.2 Å². The van der Waals surface area contributed by atoms with Crippen molar-refractivity contribution in [2.24, 2.45) is 5.73 Å². The van der Waals surface area contributed by atoms with E-state index in [0.29, 0.717) is 10.8 Å². The molecule has 2 aromatic carbocycles. The Kier molecular flexibility index (Phi) is 8.13. The van der Waals surface area contributed by atoms with Crippen molar-refractivity contribution in [3.8, 4) is 0 Å². The number of pyridine rings is 1. The minimum Gasteiger partial charge on any atom is -0.447 e. The fourth-order valence-corrected chi connectivity index (χ4v) is 3.46. The smallest absolute Gasteiger partial charge is 0.412 e. The van der Waals surface area contributed by atoms with E-state index in [2.05, 4.69) is 10.3 Å². The number of hydrogen-bond acceptors (Lipinski definition) is 5. The maximum atomic E-state index is 14.1.